The Hall–Kier alpha value is -2.23. The summed E-state index contributed by atoms with van der Waals surface area (Å²) in [5, 5.41) is 9.43. The van der Waals surface area contributed by atoms with E-state index < -0.39 is 10.0 Å². The number of benzene rings is 2. The topological polar surface area (TPSA) is 73.2 Å². The van der Waals surface area contributed by atoms with Gasteiger partial charge < -0.3 is 4.90 Å². The normalized spacial score (nSPS) is 14.4. The molecule has 0 aliphatic carbocycles. The monoisotopic (exact) mass is 361 g/mol. The van der Waals surface area contributed by atoms with Crippen molar-refractivity contribution in [3.8, 4) is 6.07 Å². The van der Waals surface area contributed by atoms with Gasteiger partial charge in [-0.1, -0.05) is 23.7 Å². The highest BCUT2D eigenvalue weighted by Crippen LogP contribution is 2.31. The fraction of sp³-hybridized carbons (Fsp3) is 0.235. The van der Waals surface area contributed by atoms with Gasteiger partial charge in [0.15, 0.2) is 0 Å². The van der Waals surface area contributed by atoms with Crippen LogP contribution in [0.1, 0.15) is 18.4 Å². The number of sulfonamides is 1. The van der Waals surface area contributed by atoms with Gasteiger partial charge in [-0.3, -0.25) is 4.72 Å². The van der Waals surface area contributed by atoms with Crippen molar-refractivity contribution in [2.24, 2.45) is 0 Å². The zero-order chi connectivity index (χ0) is 17.2. The predicted octanol–water partition coefficient (Wildman–Crippen LogP) is 3.61. The molecule has 0 aromatic heterocycles. The van der Waals surface area contributed by atoms with Crippen LogP contribution in [0, 0.1) is 11.3 Å². The molecule has 7 heteroatoms. The first-order chi connectivity index (χ1) is 11.5. The highest BCUT2D eigenvalue weighted by atomic mass is 35.5. The third-order valence-corrected chi connectivity index (χ3v) is 5.72. The summed E-state index contributed by atoms with van der Waals surface area (Å²) < 4.78 is 27.8. The molecule has 2 aromatic carbocycles. The van der Waals surface area contributed by atoms with Crippen molar-refractivity contribution in [3.05, 3.63) is 53.1 Å². The lowest BCUT2D eigenvalue weighted by Gasteiger charge is -2.19. The minimum absolute atomic E-state index is 0.0601. The molecule has 1 fully saturated rings. The Morgan fingerprint density at radius 2 is 1.83 bits per heavy atom. The third kappa shape index (κ3) is 3.32. The Bertz CT molecular complexity index is 900. The van der Waals surface area contributed by atoms with E-state index in [4.69, 9.17) is 16.9 Å². The molecule has 0 unspecified atom stereocenters. The van der Waals surface area contributed by atoms with E-state index in [9.17, 15) is 8.42 Å². The van der Waals surface area contributed by atoms with Crippen LogP contribution >= 0.6 is 11.6 Å². The van der Waals surface area contributed by atoms with Crippen molar-refractivity contribution >= 4 is 33.0 Å². The van der Waals surface area contributed by atoms with E-state index in [0.29, 0.717) is 10.7 Å². The standard InChI is InChI=1S/C17H16ClN3O2S/c18-15-8-7-14(21-9-3-4-10-21)11-16(15)20-24(22,23)17-6-2-1-5-13(17)12-19/h1-2,5-8,11,20H,3-4,9-10H2. The van der Waals surface area contributed by atoms with E-state index in [1.165, 1.54) is 12.1 Å². The molecule has 0 atom stereocenters. The summed E-state index contributed by atoms with van der Waals surface area (Å²) in [6, 6.07) is 13.3. The number of hydrogen-bond donors (Lipinski definition) is 1. The fourth-order valence-electron chi connectivity index (χ4n) is 2.76. The number of anilines is 2. The molecule has 1 aliphatic heterocycles. The Morgan fingerprint density at radius 1 is 1.12 bits per heavy atom. The van der Waals surface area contributed by atoms with Gasteiger partial charge in [-0.05, 0) is 43.2 Å². The van der Waals surface area contributed by atoms with E-state index >= 15 is 0 Å². The molecule has 0 radical (unpaired) electrons. The lowest BCUT2D eigenvalue weighted by Crippen LogP contribution is -2.19. The van der Waals surface area contributed by atoms with Gasteiger partial charge in [-0.15, -0.1) is 0 Å². The maximum absolute atomic E-state index is 12.6. The molecule has 0 spiro atoms. The van der Waals surface area contributed by atoms with Crippen molar-refractivity contribution in [3.63, 3.8) is 0 Å². The summed E-state index contributed by atoms with van der Waals surface area (Å²) in [5.74, 6) is 0. The number of rotatable bonds is 4. The third-order valence-electron chi connectivity index (χ3n) is 3.96. The van der Waals surface area contributed by atoms with Crippen LogP contribution in [0.3, 0.4) is 0 Å². The molecule has 3 rings (SSSR count). The number of nitrogens with zero attached hydrogens (tertiary/aromatic N) is 2. The second-order valence-corrected chi connectivity index (χ2v) is 7.63. The SMILES string of the molecule is N#Cc1ccccc1S(=O)(=O)Nc1cc(N2CCCC2)ccc1Cl. The molecule has 124 valence electrons. The van der Waals surface area contributed by atoms with Gasteiger partial charge in [0, 0.05) is 18.8 Å². The second kappa shape index (κ2) is 6.71. The highest BCUT2D eigenvalue weighted by molar-refractivity contribution is 7.92. The highest BCUT2D eigenvalue weighted by Gasteiger charge is 2.21. The first kappa shape index (κ1) is 16.6. The molecule has 24 heavy (non-hydrogen) atoms. The van der Waals surface area contributed by atoms with E-state index in [-0.39, 0.29) is 10.5 Å². The van der Waals surface area contributed by atoms with Gasteiger partial charge in [0.1, 0.15) is 11.0 Å². The summed E-state index contributed by atoms with van der Waals surface area (Å²) in [5.41, 5.74) is 1.34. The van der Waals surface area contributed by atoms with E-state index in [2.05, 4.69) is 9.62 Å². The first-order valence-electron chi connectivity index (χ1n) is 7.58. The fourth-order valence-corrected chi connectivity index (χ4v) is 4.21. The molecule has 1 heterocycles. The molecule has 1 aliphatic rings. The van der Waals surface area contributed by atoms with Crippen molar-refractivity contribution in [1.82, 2.24) is 0 Å². The van der Waals surface area contributed by atoms with Crippen LogP contribution in [0.2, 0.25) is 5.02 Å². The van der Waals surface area contributed by atoms with Gasteiger partial charge in [0.05, 0.1) is 16.3 Å². The molecular weight excluding hydrogens is 346 g/mol. The van der Waals surface area contributed by atoms with Gasteiger partial charge in [-0.2, -0.15) is 5.26 Å². The Balaban J connectivity index is 1.95. The van der Waals surface area contributed by atoms with E-state index in [1.54, 1.807) is 24.3 Å². The minimum atomic E-state index is -3.89. The van der Waals surface area contributed by atoms with Crippen molar-refractivity contribution < 1.29 is 8.42 Å². The van der Waals surface area contributed by atoms with Crippen molar-refractivity contribution in [1.29, 1.82) is 5.26 Å². The van der Waals surface area contributed by atoms with Crippen LogP contribution < -0.4 is 9.62 Å². The Kier molecular flexibility index (Phi) is 4.65. The summed E-state index contributed by atoms with van der Waals surface area (Å²) in [6.45, 7) is 1.90. The summed E-state index contributed by atoms with van der Waals surface area (Å²) in [7, 11) is -3.89. The zero-order valence-electron chi connectivity index (χ0n) is 12.9. The minimum Gasteiger partial charge on any atom is -0.371 e. The van der Waals surface area contributed by atoms with Crippen molar-refractivity contribution in [2.75, 3.05) is 22.7 Å². The molecular formula is C17H16ClN3O2S. The van der Waals surface area contributed by atoms with Crippen LogP contribution in [0.4, 0.5) is 11.4 Å². The van der Waals surface area contributed by atoms with Gasteiger partial charge >= 0.3 is 0 Å². The summed E-state index contributed by atoms with van der Waals surface area (Å²) in [4.78, 5) is 2.13. The first-order valence-corrected chi connectivity index (χ1v) is 9.44. The van der Waals surface area contributed by atoms with Crippen LogP contribution in [0.25, 0.3) is 0 Å². The number of hydrogen-bond acceptors (Lipinski definition) is 4. The molecule has 0 amide bonds. The molecule has 1 saturated heterocycles. The number of halogens is 1. The molecule has 0 bridgehead atoms. The molecule has 1 N–H and O–H groups in total. The maximum Gasteiger partial charge on any atom is 0.263 e. The molecule has 2 aromatic rings. The lowest BCUT2D eigenvalue weighted by molar-refractivity contribution is 0.601. The molecule has 5 nitrogen and oxygen atoms in total. The lowest BCUT2D eigenvalue weighted by atomic mass is 10.2. The molecule has 0 saturated carbocycles. The zero-order valence-corrected chi connectivity index (χ0v) is 14.4. The summed E-state index contributed by atoms with van der Waals surface area (Å²) >= 11 is 6.16. The largest absolute Gasteiger partial charge is 0.371 e. The smallest absolute Gasteiger partial charge is 0.263 e. The van der Waals surface area contributed by atoms with Crippen LogP contribution in [-0.4, -0.2) is 21.5 Å². The van der Waals surface area contributed by atoms with Crippen LogP contribution in [0.5, 0.6) is 0 Å². The van der Waals surface area contributed by atoms with E-state index in [0.717, 1.165) is 31.6 Å². The second-order valence-electron chi connectivity index (χ2n) is 5.57. The van der Waals surface area contributed by atoms with Gasteiger partial charge in [0.2, 0.25) is 0 Å². The average Bonchev–Trinajstić information content (AvgIpc) is 3.11. The maximum atomic E-state index is 12.6. The van der Waals surface area contributed by atoms with Crippen LogP contribution in [0.15, 0.2) is 47.4 Å². The van der Waals surface area contributed by atoms with Gasteiger partial charge in [0.25, 0.3) is 10.0 Å². The van der Waals surface area contributed by atoms with Gasteiger partial charge in [-0.25, -0.2) is 8.42 Å². The quantitative estimate of drug-likeness (QED) is 0.902. The Morgan fingerprint density at radius 3 is 2.54 bits per heavy atom. The Labute approximate surface area is 146 Å². The summed E-state index contributed by atoms with van der Waals surface area (Å²) in [6.07, 6.45) is 2.25. The van der Waals surface area contributed by atoms with Crippen LogP contribution in [-0.2, 0) is 10.0 Å². The van der Waals surface area contributed by atoms with Crippen molar-refractivity contribution in [2.45, 2.75) is 17.7 Å². The number of nitrogens with one attached hydrogen (secondary N) is 1. The average molecular weight is 362 g/mol. The van der Waals surface area contributed by atoms with E-state index in [1.807, 2.05) is 12.1 Å². The predicted molar refractivity (Wildman–Crippen MR) is 94.9 cm³/mol. The number of nitriles is 1.